The van der Waals surface area contributed by atoms with E-state index in [1.165, 1.54) is 11.8 Å². The molecule has 35 heavy (non-hydrogen) atoms. The maximum atomic E-state index is 15.6. The minimum atomic E-state index is -1.03. The number of alkyl halides is 1. The van der Waals surface area contributed by atoms with Gasteiger partial charge in [-0.1, -0.05) is 6.07 Å². The van der Waals surface area contributed by atoms with Crippen LogP contribution in [0.15, 0.2) is 41.7 Å². The number of phenols is 1. The van der Waals surface area contributed by atoms with Gasteiger partial charge in [0.15, 0.2) is 11.6 Å². The Morgan fingerprint density at radius 3 is 2.66 bits per heavy atom. The van der Waals surface area contributed by atoms with Crippen molar-refractivity contribution in [2.24, 2.45) is 0 Å². The number of piperidine rings is 2. The molecule has 184 valence electrons. The number of fused-ring (bicyclic) bond motifs is 2. The monoisotopic (exact) mass is 495 g/mol. The predicted octanol–water partition coefficient (Wildman–Crippen LogP) is 4.26. The van der Waals surface area contributed by atoms with Crippen molar-refractivity contribution >= 4 is 17.6 Å². The Morgan fingerprint density at radius 1 is 1.11 bits per heavy atom. The van der Waals surface area contributed by atoms with E-state index in [9.17, 15) is 5.11 Å². The first-order chi connectivity index (χ1) is 16.7. The first-order valence-corrected chi connectivity index (χ1v) is 13.0. The van der Waals surface area contributed by atoms with E-state index in [2.05, 4.69) is 37.6 Å². The van der Waals surface area contributed by atoms with E-state index in [0.29, 0.717) is 23.6 Å². The lowest BCUT2D eigenvalue weighted by molar-refractivity contribution is 0.00193. The van der Waals surface area contributed by atoms with Gasteiger partial charge in [-0.25, -0.2) is 9.37 Å². The van der Waals surface area contributed by atoms with Gasteiger partial charge in [0, 0.05) is 23.7 Å². The van der Waals surface area contributed by atoms with Crippen molar-refractivity contribution in [1.82, 2.24) is 30.7 Å². The lowest BCUT2D eigenvalue weighted by atomic mass is 9.68. The van der Waals surface area contributed by atoms with Crippen LogP contribution in [-0.2, 0) is 0 Å². The van der Waals surface area contributed by atoms with Crippen molar-refractivity contribution in [2.45, 2.75) is 67.8 Å². The number of hydrogen-bond acceptors (Lipinski definition) is 9. The third kappa shape index (κ3) is 4.45. The zero-order valence-electron chi connectivity index (χ0n) is 20.4. The molecule has 0 aliphatic carbocycles. The lowest BCUT2D eigenvalue weighted by Crippen LogP contribution is -2.72. The van der Waals surface area contributed by atoms with Crippen LogP contribution in [-0.4, -0.2) is 67.1 Å². The van der Waals surface area contributed by atoms with Crippen LogP contribution in [0, 0.1) is 0 Å². The number of rotatable bonds is 5. The van der Waals surface area contributed by atoms with Gasteiger partial charge in [-0.2, -0.15) is 5.10 Å². The summed E-state index contributed by atoms with van der Waals surface area (Å²) in [6.07, 6.45) is 7.73. The standard InChI is InChI=1S/C25H30FN7OS/c1-24-8-5-9-25(2,32-24)22(26)18(12-24)33(3)20-14-27-23(31-29-20)17-7-6-15(10-19(17)34)16-11-21(35-4)30-28-13-16/h6-7,10-11,13-14,18,22,32,34H,5,8-9,12H2,1-4H3/t18-,22-,24-,25+/m1/s1. The van der Waals surface area contributed by atoms with E-state index in [1.54, 1.807) is 24.5 Å². The number of aromatic hydroxyl groups is 1. The summed E-state index contributed by atoms with van der Waals surface area (Å²) in [5, 5.41) is 31.7. The summed E-state index contributed by atoms with van der Waals surface area (Å²) in [5.41, 5.74) is 1.51. The summed E-state index contributed by atoms with van der Waals surface area (Å²) in [4.78, 5) is 6.31. The van der Waals surface area contributed by atoms with Crippen molar-refractivity contribution in [3.05, 3.63) is 36.7 Å². The molecule has 0 spiro atoms. The highest BCUT2D eigenvalue weighted by molar-refractivity contribution is 7.98. The molecule has 0 radical (unpaired) electrons. The van der Waals surface area contributed by atoms with Gasteiger partial charge in [-0.05, 0) is 69.5 Å². The Balaban J connectivity index is 1.37. The molecule has 2 fully saturated rings. The zero-order chi connectivity index (χ0) is 24.8. The van der Waals surface area contributed by atoms with E-state index in [1.807, 2.05) is 37.3 Å². The molecule has 1 aromatic carbocycles. The van der Waals surface area contributed by atoms with Crippen LogP contribution >= 0.6 is 11.8 Å². The van der Waals surface area contributed by atoms with Gasteiger partial charge >= 0.3 is 0 Å². The van der Waals surface area contributed by atoms with Crippen LogP contribution in [0.3, 0.4) is 0 Å². The SMILES string of the molecule is CSc1cc(-c2ccc(-c3ncc(N(C)[C@@H]4C[C@@]5(C)CCC[C@](C)(N5)[C@@H]4F)nn3)c(O)c2)cnn1. The average Bonchev–Trinajstić information content (AvgIpc) is 2.86. The van der Waals surface area contributed by atoms with Crippen molar-refractivity contribution in [3.8, 4) is 28.3 Å². The molecular formula is C25H30FN7OS. The molecule has 2 aliphatic heterocycles. The van der Waals surface area contributed by atoms with E-state index < -0.39 is 11.7 Å². The van der Waals surface area contributed by atoms with Crippen molar-refractivity contribution < 1.29 is 9.50 Å². The molecule has 4 heterocycles. The molecular weight excluding hydrogens is 465 g/mol. The van der Waals surface area contributed by atoms with Crippen LogP contribution in [0.4, 0.5) is 10.2 Å². The summed E-state index contributed by atoms with van der Waals surface area (Å²) in [6.45, 7) is 4.17. The number of hydrogen-bond donors (Lipinski definition) is 2. The molecule has 10 heteroatoms. The highest BCUT2D eigenvalue weighted by Crippen LogP contribution is 2.43. The molecule has 2 aliphatic rings. The number of benzene rings is 1. The average molecular weight is 496 g/mol. The van der Waals surface area contributed by atoms with E-state index in [4.69, 9.17) is 0 Å². The van der Waals surface area contributed by atoms with Gasteiger partial charge in [0.1, 0.15) is 16.9 Å². The second kappa shape index (κ2) is 8.98. The van der Waals surface area contributed by atoms with E-state index in [0.717, 1.165) is 35.4 Å². The van der Waals surface area contributed by atoms with Gasteiger partial charge in [0.25, 0.3) is 0 Å². The smallest absolute Gasteiger partial charge is 0.185 e. The Morgan fingerprint density at radius 2 is 1.94 bits per heavy atom. The number of aromatic nitrogens is 5. The Labute approximate surface area is 208 Å². The molecule has 8 nitrogen and oxygen atoms in total. The van der Waals surface area contributed by atoms with Crippen LogP contribution in [0.25, 0.3) is 22.5 Å². The van der Waals surface area contributed by atoms with E-state index in [-0.39, 0.29) is 17.3 Å². The topological polar surface area (TPSA) is 100.0 Å². The molecule has 2 N–H and O–H groups in total. The first kappa shape index (κ1) is 23.9. The highest BCUT2D eigenvalue weighted by atomic mass is 32.2. The maximum absolute atomic E-state index is 15.6. The van der Waals surface area contributed by atoms with Crippen LogP contribution < -0.4 is 10.2 Å². The number of anilines is 1. The molecule has 4 atom stereocenters. The number of nitrogens with zero attached hydrogens (tertiary/aromatic N) is 6. The minimum Gasteiger partial charge on any atom is -0.507 e. The van der Waals surface area contributed by atoms with Crippen LogP contribution in [0.2, 0.25) is 0 Å². The molecule has 2 aromatic heterocycles. The molecule has 0 saturated carbocycles. The Kier molecular flexibility index (Phi) is 6.13. The summed E-state index contributed by atoms with van der Waals surface area (Å²) in [5.74, 6) is 0.864. The molecule has 0 amide bonds. The highest BCUT2D eigenvalue weighted by Gasteiger charge is 2.53. The number of phenolic OH excluding ortho intramolecular Hbond substituents is 1. The minimum absolute atomic E-state index is 0.0452. The summed E-state index contributed by atoms with van der Waals surface area (Å²) < 4.78 is 15.6. The fourth-order valence-electron chi connectivity index (χ4n) is 5.57. The fourth-order valence-corrected chi connectivity index (χ4v) is 5.95. The molecule has 3 aromatic rings. The second-order valence-corrected chi connectivity index (χ2v) is 10.9. The second-order valence-electron chi connectivity index (χ2n) is 10.1. The van der Waals surface area contributed by atoms with E-state index >= 15 is 4.39 Å². The Bertz CT molecular complexity index is 1230. The number of halogens is 1. The quantitative estimate of drug-likeness (QED) is 0.503. The van der Waals surface area contributed by atoms with Gasteiger partial charge in [0.2, 0.25) is 0 Å². The van der Waals surface area contributed by atoms with Crippen molar-refractivity contribution in [2.75, 3.05) is 18.2 Å². The Hall–Kier alpha value is -2.85. The largest absolute Gasteiger partial charge is 0.507 e. The van der Waals surface area contributed by atoms with Crippen LogP contribution in [0.1, 0.15) is 39.5 Å². The first-order valence-electron chi connectivity index (χ1n) is 11.8. The van der Waals surface area contributed by atoms with Gasteiger partial charge in [0.05, 0.1) is 24.0 Å². The van der Waals surface area contributed by atoms with Crippen molar-refractivity contribution in [3.63, 3.8) is 0 Å². The van der Waals surface area contributed by atoms with Crippen LogP contribution in [0.5, 0.6) is 5.75 Å². The summed E-state index contributed by atoms with van der Waals surface area (Å²) in [7, 11) is 1.86. The maximum Gasteiger partial charge on any atom is 0.185 e. The zero-order valence-corrected chi connectivity index (χ0v) is 21.2. The third-order valence-electron chi connectivity index (χ3n) is 7.44. The van der Waals surface area contributed by atoms with Gasteiger partial charge < -0.3 is 15.3 Å². The number of nitrogens with one attached hydrogen (secondary N) is 1. The third-order valence-corrected chi connectivity index (χ3v) is 8.06. The molecule has 2 saturated heterocycles. The number of thioether (sulfide) groups is 1. The lowest BCUT2D eigenvalue weighted by Gasteiger charge is -2.56. The summed E-state index contributed by atoms with van der Waals surface area (Å²) in [6, 6.07) is 6.90. The molecule has 0 unspecified atom stereocenters. The fraction of sp³-hybridized carbons (Fsp3) is 0.480. The molecule has 5 rings (SSSR count). The predicted molar refractivity (Wildman–Crippen MR) is 135 cm³/mol. The van der Waals surface area contributed by atoms with Crippen molar-refractivity contribution in [1.29, 1.82) is 0 Å². The summed E-state index contributed by atoms with van der Waals surface area (Å²) >= 11 is 1.50. The molecule has 2 bridgehead atoms. The van der Waals surface area contributed by atoms with Gasteiger partial charge in [-0.3, -0.25) is 0 Å². The van der Waals surface area contributed by atoms with Gasteiger partial charge in [-0.15, -0.1) is 27.1 Å². The normalized spacial score (nSPS) is 28.0.